The molecule has 0 unspecified atom stereocenters. The van der Waals surface area contributed by atoms with Gasteiger partial charge in [-0.05, 0) is 43.0 Å². The van der Waals surface area contributed by atoms with Crippen LogP contribution in [-0.4, -0.2) is 56.4 Å². The van der Waals surface area contributed by atoms with E-state index in [-0.39, 0.29) is 35.5 Å². The highest BCUT2D eigenvalue weighted by atomic mass is 32.2. The minimum atomic E-state index is -3.73. The molecule has 34 heavy (non-hydrogen) atoms. The number of amides is 1. The summed E-state index contributed by atoms with van der Waals surface area (Å²) >= 11 is 0. The molecular formula is C23H25N3O7S. The smallest absolute Gasteiger partial charge is 0.269 e. The van der Waals surface area contributed by atoms with E-state index >= 15 is 0 Å². The third kappa shape index (κ3) is 4.09. The summed E-state index contributed by atoms with van der Waals surface area (Å²) in [7, 11) is -3.73. The lowest BCUT2D eigenvalue weighted by Gasteiger charge is -2.32. The number of hydrogen-bond acceptors (Lipinski definition) is 7. The number of benzene rings is 2. The summed E-state index contributed by atoms with van der Waals surface area (Å²) in [5, 5.41) is 11.0. The molecule has 10 nitrogen and oxygen atoms in total. The first-order valence-electron chi connectivity index (χ1n) is 11.3. The maximum Gasteiger partial charge on any atom is 0.269 e. The lowest BCUT2D eigenvalue weighted by Crippen LogP contribution is -2.44. The molecule has 0 bridgehead atoms. The Morgan fingerprint density at radius 2 is 1.74 bits per heavy atom. The van der Waals surface area contributed by atoms with Gasteiger partial charge in [0, 0.05) is 55.9 Å². The van der Waals surface area contributed by atoms with Gasteiger partial charge >= 0.3 is 0 Å². The number of anilines is 1. The molecule has 180 valence electrons. The van der Waals surface area contributed by atoms with Crippen LogP contribution in [0.2, 0.25) is 0 Å². The van der Waals surface area contributed by atoms with E-state index in [1.54, 1.807) is 17.0 Å². The second-order valence-electron chi connectivity index (χ2n) is 8.65. The molecule has 3 aliphatic rings. The van der Waals surface area contributed by atoms with Crippen molar-refractivity contribution in [3.05, 3.63) is 52.1 Å². The van der Waals surface area contributed by atoms with Crippen molar-refractivity contribution in [3.8, 4) is 11.5 Å². The van der Waals surface area contributed by atoms with E-state index in [0.29, 0.717) is 56.2 Å². The minimum Gasteiger partial charge on any atom is -0.490 e. The standard InChI is InChI=1S/C23H25N3O7S/c27-23(25-11-8-17-14-18(26(28)29)2-4-20(17)25)16-6-9-24(10-7-16)34(30,31)19-3-5-21-22(15-19)33-13-1-12-32-21/h2-5,14-16H,1,6-13H2. The first-order chi connectivity index (χ1) is 16.3. The molecule has 1 saturated heterocycles. The van der Waals surface area contributed by atoms with Gasteiger partial charge in [-0.1, -0.05) is 0 Å². The summed E-state index contributed by atoms with van der Waals surface area (Å²) < 4.78 is 39.1. The van der Waals surface area contributed by atoms with E-state index in [1.165, 1.54) is 28.6 Å². The van der Waals surface area contributed by atoms with E-state index in [0.717, 1.165) is 12.0 Å². The molecule has 0 atom stereocenters. The van der Waals surface area contributed by atoms with Crippen LogP contribution in [0, 0.1) is 16.0 Å². The zero-order valence-corrected chi connectivity index (χ0v) is 19.3. The van der Waals surface area contributed by atoms with E-state index in [1.807, 2.05) is 0 Å². The van der Waals surface area contributed by atoms with Crippen LogP contribution in [0.3, 0.4) is 0 Å². The number of rotatable bonds is 4. The Bertz CT molecular complexity index is 1240. The van der Waals surface area contributed by atoms with Gasteiger partial charge in [0.05, 0.1) is 23.0 Å². The number of piperidine rings is 1. The van der Waals surface area contributed by atoms with Gasteiger partial charge in [-0.2, -0.15) is 4.31 Å². The molecule has 2 aromatic rings. The molecule has 1 fully saturated rings. The highest BCUT2D eigenvalue weighted by molar-refractivity contribution is 7.89. The van der Waals surface area contributed by atoms with Crippen molar-refractivity contribution in [1.29, 1.82) is 0 Å². The summed E-state index contributed by atoms with van der Waals surface area (Å²) in [5.41, 5.74) is 1.51. The van der Waals surface area contributed by atoms with Gasteiger partial charge in [-0.25, -0.2) is 8.42 Å². The predicted octanol–water partition coefficient (Wildman–Crippen LogP) is 2.75. The van der Waals surface area contributed by atoms with Gasteiger partial charge in [0.25, 0.3) is 5.69 Å². The van der Waals surface area contributed by atoms with Crippen molar-refractivity contribution < 1.29 is 27.6 Å². The summed E-state index contributed by atoms with van der Waals surface area (Å²) in [6, 6.07) is 9.22. The SMILES string of the molecule is O=C(C1CCN(S(=O)(=O)c2ccc3c(c2)OCCCO3)CC1)N1CCc2cc([N+](=O)[O-])ccc21. The average Bonchev–Trinajstić information content (AvgIpc) is 3.12. The first kappa shape index (κ1) is 22.6. The fourth-order valence-corrected chi connectivity index (χ4v) is 6.23. The second-order valence-corrected chi connectivity index (χ2v) is 10.6. The number of fused-ring (bicyclic) bond motifs is 2. The van der Waals surface area contributed by atoms with Crippen molar-refractivity contribution in [1.82, 2.24) is 4.31 Å². The number of hydrogen-bond donors (Lipinski definition) is 0. The van der Waals surface area contributed by atoms with Crippen molar-refractivity contribution in [2.24, 2.45) is 5.92 Å². The molecule has 0 aliphatic carbocycles. The molecule has 5 rings (SSSR count). The van der Waals surface area contributed by atoms with Crippen LogP contribution < -0.4 is 14.4 Å². The largest absolute Gasteiger partial charge is 0.490 e. The number of nitrogens with zero attached hydrogens (tertiary/aromatic N) is 3. The number of carbonyl (C=O) groups is 1. The zero-order chi connectivity index (χ0) is 23.9. The van der Waals surface area contributed by atoms with Crippen molar-refractivity contribution in [2.45, 2.75) is 30.6 Å². The van der Waals surface area contributed by atoms with Crippen LogP contribution in [0.1, 0.15) is 24.8 Å². The summed E-state index contributed by atoms with van der Waals surface area (Å²) in [5.74, 6) is 0.616. The van der Waals surface area contributed by atoms with Crippen LogP contribution >= 0.6 is 0 Å². The van der Waals surface area contributed by atoms with E-state index in [9.17, 15) is 23.3 Å². The summed E-state index contributed by atoms with van der Waals surface area (Å²) in [4.78, 5) is 25.6. The topological polar surface area (TPSA) is 119 Å². The highest BCUT2D eigenvalue weighted by Gasteiger charge is 2.36. The lowest BCUT2D eigenvalue weighted by molar-refractivity contribution is -0.384. The Hall–Kier alpha value is -3.18. The second kappa shape index (κ2) is 8.88. The summed E-state index contributed by atoms with van der Waals surface area (Å²) in [6.45, 7) is 1.96. The molecule has 0 N–H and O–H groups in total. The Morgan fingerprint density at radius 1 is 1.00 bits per heavy atom. The quantitative estimate of drug-likeness (QED) is 0.480. The van der Waals surface area contributed by atoms with Crippen molar-refractivity contribution >= 4 is 27.3 Å². The molecule has 0 radical (unpaired) electrons. The normalized spacial score (nSPS) is 18.9. The first-order valence-corrected chi connectivity index (χ1v) is 12.8. The monoisotopic (exact) mass is 487 g/mol. The lowest BCUT2D eigenvalue weighted by atomic mass is 9.96. The van der Waals surface area contributed by atoms with Crippen LogP contribution in [0.25, 0.3) is 0 Å². The van der Waals surface area contributed by atoms with Gasteiger partial charge in [0.15, 0.2) is 11.5 Å². The molecular weight excluding hydrogens is 462 g/mol. The molecule has 2 aromatic carbocycles. The third-order valence-electron chi connectivity index (χ3n) is 6.60. The van der Waals surface area contributed by atoms with E-state index in [2.05, 4.69) is 0 Å². The maximum absolute atomic E-state index is 13.2. The van der Waals surface area contributed by atoms with Crippen LogP contribution in [-0.2, 0) is 21.2 Å². The van der Waals surface area contributed by atoms with Crippen molar-refractivity contribution in [3.63, 3.8) is 0 Å². The Balaban J connectivity index is 1.26. The van der Waals surface area contributed by atoms with E-state index < -0.39 is 14.9 Å². The molecule has 1 amide bonds. The summed E-state index contributed by atoms with van der Waals surface area (Å²) in [6.07, 6.45) is 2.14. The predicted molar refractivity (Wildman–Crippen MR) is 123 cm³/mol. The fraction of sp³-hybridized carbons (Fsp3) is 0.435. The van der Waals surface area contributed by atoms with E-state index in [4.69, 9.17) is 9.47 Å². The Labute approximate surface area is 197 Å². The molecule has 0 spiro atoms. The minimum absolute atomic E-state index is 0.0151. The average molecular weight is 488 g/mol. The number of nitro groups is 1. The molecule has 0 aromatic heterocycles. The van der Waals surface area contributed by atoms with Gasteiger partial charge < -0.3 is 14.4 Å². The zero-order valence-electron chi connectivity index (χ0n) is 18.5. The number of nitro benzene ring substituents is 1. The molecule has 3 heterocycles. The Morgan fingerprint density at radius 3 is 2.47 bits per heavy atom. The fourth-order valence-electron chi connectivity index (χ4n) is 4.75. The van der Waals surface area contributed by atoms with Gasteiger partial charge in [0.2, 0.25) is 15.9 Å². The van der Waals surface area contributed by atoms with Crippen LogP contribution in [0.5, 0.6) is 11.5 Å². The van der Waals surface area contributed by atoms with Crippen LogP contribution in [0.4, 0.5) is 11.4 Å². The number of sulfonamides is 1. The Kier molecular flexibility index (Phi) is 5.90. The molecule has 3 aliphatic heterocycles. The highest BCUT2D eigenvalue weighted by Crippen LogP contribution is 2.36. The van der Waals surface area contributed by atoms with Crippen LogP contribution in [0.15, 0.2) is 41.3 Å². The maximum atomic E-state index is 13.2. The van der Waals surface area contributed by atoms with Crippen molar-refractivity contribution in [2.75, 3.05) is 37.7 Å². The third-order valence-corrected chi connectivity index (χ3v) is 8.49. The van der Waals surface area contributed by atoms with Gasteiger partial charge in [0.1, 0.15) is 0 Å². The number of ether oxygens (including phenoxy) is 2. The number of non-ortho nitro benzene ring substituents is 1. The molecule has 0 saturated carbocycles. The van der Waals surface area contributed by atoms with Gasteiger partial charge in [-0.15, -0.1) is 0 Å². The van der Waals surface area contributed by atoms with Gasteiger partial charge in [-0.3, -0.25) is 14.9 Å². The number of carbonyl (C=O) groups excluding carboxylic acids is 1. The molecule has 11 heteroatoms.